The molecule has 0 saturated carbocycles. The van der Waals surface area contributed by atoms with Gasteiger partial charge in [-0.25, -0.2) is 0 Å². The second-order valence-corrected chi connectivity index (χ2v) is 6.11. The predicted molar refractivity (Wildman–Crippen MR) is 85.0 cm³/mol. The second kappa shape index (κ2) is 5.98. The van der Waals surface area contributed by atoms with Crippen LogP contribution in [0.5, 0.6) is 5.75 Å². The van der Waals surface area contributed by atoms with E-state index in [-0.39, 0.29) is 0 Å². The molecule has 1 unspecified atom stereocenters. The van der Waals surface area contributed by atoms with Crippen LogP contribution in [0.3, 0.4) is 0 Å². The fraction of sp³-hybridized carbons (Fsp3) is 0.294. The Morgan fingerprint density at radius 1 is 1.25 bits per heavy atom. The normalized spacial score (nSPS) is 14.7. The molecule has 0 saturated heterocycles. The third kappa shape index (κ3) is 3.05. The lowest BCUT2D eigenvalue weighted by atomic mass is 10.0. The van der Waals surface area contributed by atoms with Crippen LogP contribution < -0.4 is 10.1 Å². The minimum absolute atomic E-state index is 0.333. The first-order valence-electron chi connectivity index (χ1n) is 6.96. The summed E-state index contributed by atoms with van der Waals surface area (Å²) in [6.07, 6.45) is 1.03. The summed E-state index contributed by atoms with van der Waals surface area (Å²) in [6.45, 7) is 3.89. The zero-order chi connectivity index (χ0) is 13.9. The van der Waals surface area contributed by atoms with Crippen LogP contribution in [-0.2, 0) is 13.0 Å². The summed E-state index contributed by atoms with van der Waals surface area (Å²) in [5.74, 6) is 1.05. The van der Waals surface area contributed by atoms with E-state index in [0.29, 0.717) is 6.04 Å². The van der Waals surface area contributed by atoms with Gasteiger partial charge < -0.3 is 10.1 Å². The Morgan fingerprint density at radius 2 is 2.15 bits per heavy atom. The number of benzene rings is 2. The standard InChI is InChI=1S/C17H18BrNO/c1-12(19-11-13-3-2-4-16(18)9-13)14-5-6-17-15(10-14)7-8-20-17/h2-6,9-10,12,19H,7-8,11H2,1H3. The Bertz CT molecular complexity index is 612. The summed E-state index contributed by atoms with van der Waals surface area (Å²) < 4.78 is 6.67. The molecule has 0 fully saturated rings. The van der Waals surface area contributed by atoms with Gasteiger partial charge in [0.25, 0.3) is 0 Å². The molecular weight excluding hydrogens is 314 g/mol. The van der Waals surface area contributed by atoms with Crippen LogP contribution in [0.25, 0.3) is 0 Å². The van der Waals surface area contributed by atoms with Crippen molar-refractivity contribution in [3.8, 4) is 5.75 Å². The van der Waals surface area contributed by atoms with E-state index in [0.717, 1.165) is 29.8 Å². The van der Waals surface area contributed by atoms with E-state index in [2.05, 4.69) is 64.6 Å². The van der Waals surface area contributed by atoms with Crippen LogP contribution in [0, 0.1) is 0 Å². The number of ether oxygens (including phenoxy) is 1. The molecule has 1 aliphatic heterocycles. The Balaban J connectivity index is 1.66. The second-order valence-electron chi connectivity index (χ2n) is 5.20. The van der Waals surface area contributed by atoms with Gasteiger partial charge in [0, 0.05) is 23.5 Å². The molecule has 0 bridgehead atoms. The van der Waals surface area contributed by atoms with Gasteiger partial charge >= 0.3 is 0 Å². The quantitative estimate of drug-likeness (QED) is 0.904. The zero-order valence-corrected chi connectivity index (χ0v) is 13.1. The monoisotopic (exact) mass is 331 g/mol. The van der Waals surface area contributed by atoms with Crippen molar-refractivity contribution in [1.82, 2.24) is 5.32 Å². The van der Waals surface area contributed by atoms with E-state index >= 15 is 0 Å². The number of hydrogen-bond donors (Lipinski definition) is 1. The van der Waals surface area contributed by atoms with Gasteiger partial charge in [-0.15, -0.1) is 0 Å². The Morgan fingerprint density at radius 3 is 3.00 bits per heavy atom. The fourth-order valence-electron chi connectivity index (χ4n) is 2.51. The maximum Gasteiger partial charge on any atom is 0.122 e. The lowest BCUT2D eigenvalue weighted by Crippen LogP contribution is -2.18. The van der Waals surface area contributed by atoms with E-state index in [1.807, 2.05) is 6.07 Å². The lowest BCUT2D eigenvalue weighted by Gasteiger charge is -2.15. The van der Waals surface area contributed by atoms with Gasteiger partial charge in [0.05, 0.1) is 6.61 Å². The molecule has 3 rings (SSSR count). The van der Waals surface area contributed by atoms with E-state index in [9.17, 15) is 0 Å². The van der Waals surface area contributed by atoms with Crippen molar-refractivity contribution in [2.24, 2.45) is 0 Å². The number of rotatable bonds is 4. The minimum Gasteiger partial charge on any atom is -0.493 e. The molecule has 0 aromatic heterocycles. The third-order valence-electron chi connectivity index (χ3n) is 3.71. The highest BCUT2D eigenvalue weighted by Gasteiger charge is 2.14. The molecule has 0 radical (unpaired) electrons. The van der Waals surface area contributed by atoms with Crippen LogP contribution in [0.2, 0.25) is 0 Å². The van der Waals surface area contributed by atoms with Crippen LogP contribution in [0.15, 0.2) is 46.9 Å². The summed E-state index contributed by atoms with van der Waals surface area (Å²) in [6, 6.07) is 15.3. The predicted octanol–water partition coefficient (Wildman–Crippen LogP) is 4.23. The molecule has 1 N–H and O–H groups in total. The molecule has 2 aromatic carbocycles. The molecule has 0 amide bonds. The maximum atomic E-state index is 5.55. The number of halogens is 1. The summed E-state index contributed by atoms with van der Waals surface area (Å²) >= 11 is 3.51. The van der Waals surface area contributed by atoms with Gasteiger partial charge in [0.1, 0.15) is 5.75 Å². The first-order chi connectivity index (χ1) is 9.72. The highest BCUT2D eigenvalue weighted by Crippen LogP contribution is 2.28. The summed E-state index contributed by atoms with van der Waals surface area (Å²) in [5, 5.41) is 3.57. The van der Waals surface area contributed by atoms with Gasteiger partial charge in [0.15, 0.2) is 0 Å². The average molecular weight is 332 g/mol. The highest BCUT2D eigenvalue weighted by atomic mass is 79.9. The lowest BCUT2D eigenvalue weighted by molar-refractivity contribution is 0.356. The van der Waals surface area contributed by atoms with Gasteiger partial charge in [0.2, 0.25) is 0 Å². The number of fused-ring (bicyclic) bond motifs is 1. The number of nitrogens with one attached hydrogen (secondary N) is 1. The van der Waals surface area contributed by atoms with Crippen LogP contribution in [0.4, 0.5) is 0 Å². The largest absolute Gasteiger partial charge is 0.493 e. The molecule has 2 nitrogen and oxygen atoms in total. The van der Waals surface area contributed by atoms with Crippen molar-refractivity contribution in [1.29, 1.82) is 0 Å². The highest BCUT2D eigenvalue weighted by molar-refractivity contribution is 9.10. The molecule has 1 heterocycles. The van der Waals surface area contributed by atoms with Crippen LogP contribution in [0.1, 0.15) is 29.7 Å². The molecular formula is C17H18BrNO. The Hall–Kier alpha value is -1.32. The first-order valence-corrected chi connectivity index (χ1v) is 7.75. The molecule has 3 heteroatoms. The molecule has 104 valence electrons. The van der Waals surface area contributed by atoms with Crippen molar-refractivity contribution in [3.63, 3.8) is 0 Å². The summed E-state index contributed by atoms with van der Waals surface area (Å²) in [5.41, 5.74) is 3.94. The van der Waals surface area contributed by atoms with Crippen molar-refractivity contribution in [2.75, 3.05) is 6.61 Å². The Kier molecular flexibility index (Phi) is 4.08. The van der Waals surface area contributed by atoms with Gasteiger partial charge in [-0.3, -0.25) is 0 Å². The van der Waals surface area contributed by atoms with E-state index < -0.39 is 0 Å². The van der Waals surface area contributed by atoms with E-state index in [1.165, 1.54) is 16.7 Å². The number of hydrogen-bond acceptors (Lipinski definition) is 2. The smallest absolute Gasteiger partial charge is 0.122 e. The average Bonchev–Trinajstić information content (AvgIpc) is 2.92. The summed E-state index contributed by atoms with van der Waals surface area (Å²) in [7, 11) is 0. The van der Waals surface area contributed by atoms with E-state index in [1.54, 1.807) is 0 Å². The van der Waals surface area contributed by atoms with E-state index in [4.69, 9.17) is 4.74 Å². The van der Waals surface area contributed by atoms with Gasteiger partial charge in [-0.05, 0) is 41.8 Å². The maximum absolute atomic E-state index is 5.55. The Labute approximate surface area is 128 Å². The van der Waals surface area contributed by atoms with Crippen LogP contribution in [-0.4, -0.2) is 6.61 Å². The molecule has 0 spiro atoms. The molecule has 20 heavy (non-hydrogen) atoms. The minimum atomic E-state index is 0.333. The molecule has 0 aliphatic carbocycles. The molecule has 1 atom stereocenters. The molecule has 2 aromatic rings. The zero-order valence-electron chi connectivity index (χ0n) is 11.5. The van der Waals surface area contributed by atoms with Crippen LogP contribution >= 0.6 is 15.9 Å². The summed E-state index contributed by atoms with van der Waals surface area (Å²) in [4.78, 5) is 0. The third-order valence-corrected chi connectivity index (χ3v) is 4.21. The van der Waals surface area contributed by atoms with Gasteiger partial charge in [-0.1, -0.05) is 40.2 Å². The van der Waals surface area contributed by atoms with Crippen molar-refractivity contribution in [3.05, 3.63) is 63.6 Å². The topological polar surface area (TPSA) is 21.3 Å². The van der Waals surface area contributed by atoms with Crippen molar-refractivity contribution in [2.45, 2.75) is 25.9 Å². The van der Waals surface area contributed by atoms with Gasteiger partial charge in [-0.2, -0.15) is 0 Å². The van der Waals surface area contributed by atoms with Crippen molar-refractivity contribution < 1.29 is 4.74 Å². The van der Waals surface area contributed by atoms with Crippen molar-refractivity contribution >= 4 is 15.9 Å². The molecule has 1 aliphatic rings. The fourth-order valence-corrected chi connectivity index (χ4v) is 2.96. The SMILES string of the molecule is CC(NCc1cccc(Br)c1)c1ccc2c(c1)CCO2. The first kappa shape index (κ1) is 13.7.